The molecule has 0 saturated heterocycles. The second-order valence-electron chi connectivity index (χ2n) is 5.05. The van der Waals surface area contributed by atoms with Crippen molar-refractivity contribution >= 4 is 28.6 Å². The number of carbonyl (C=O) groups excluding carboxylic acids is 1. The number of rotatable bonds is 4. The van der Waals surface area contributed by atoms with E-state index in [-0.39, 0.29) is 5.69 Å². The van der Waals surface area contributed by atoms with Crippen LogP contribution >= 0.6 is 0 Å². The number of amides is 1. The van der Waals surface area contributed by atoms with Crippen LogP contribution in [0.5, 0.6) is 5.75 Å². The Balaban J connectivity index is 1.81. The normalized spacial score (nSPS) is 10.9. The quantitative estimate of drug-likeness (QED) is 0.590. The molecule has 0 bridgehead atoms. The highest BCUT2D eigenvalue weighted by molar-refractivity contribution is 6.02. The smallest absolute Gasteiger partial charge is 0.360 e. The molecule has 3 rings (SSSR count). The second-order valence-corrected chi connectivity index (χ2v) is 5.05. The maximum absolute atomic E-state index is 12.1. The van der Waals surface area contributed by atoms with Crippen LogP contribution in [0.2, 0.25) is 0 Å². The fourth-order valence-corrected chi connectivity index (χ4v) is 2.29. The average molecular weight is 321 g/mol. The van der Waals surface area contributed by atoms with Crippen LogP contribution in [-0.2, 0) is 4.79 Å². The zero-order valence-electron chi connectivity index (χ0n) is 13.0. The minimum absolute atomic E-state index is 0.100. The first kappa shape index (κ1) is 15.6. The van der Waals surface area contributed by atoms with E-state index in [1.165, 1.54) is 6.08 Å². The van der Waals surface area contributed by atoms with E-state index in [0.717, 1.165) is 10.9 Å². The number of benzene rings is 2. The molecule has 120 valence electrons. The SMILES string of the molecule is COc1ccccc1C=CC(=O)Nc1cc2ccccc2oc1=O. The number of hydrogen-bond donors (Lipinski definition) is 1. The molecular formula is C19H15NO4. The number of methoxy groups -OCH3 is 1. The summed E-state index contributed by atoms with van der Waals surface area (Å²) in [6, 6.07) is 16.0. The van der Waals surface area contributed by atoms with Gasteiger partial charge in [0.15, 0.2) is 0 Å². The lowest BCUT2D eigenvalue weighted by molar-refractivity contribution is -0.111. The van der Waals surface area contributed by atoms with E-state index >= 15 is 0 Å². The van der Waals surface area contributed by atoms with Crippen molar-refractivity contribution in [3.05, 3.63) is 76.7 Å². The number of anilines is 1. The minimum atomic E-state index is -0.590. The summed E-state index contributed by atoms with van der Waals surface area (Å²) >= 11 is 0. The van der Waals surface area contributed by atoms with Crippen molar-refractivity contribution in [2.45, 2.75) is 0 Å². The molecule has 0 fully saturated rings. The van der Waals surface area contributed by atoms with Gasteiger partial charge in [0, 0.05) is 17.0 Å². The maximum Gasteiger partial charge on any atom is 0.360 e. The summed E-state index contributed by atoms with van der Waals surface area (Å²) in [5.41, 5.74) is 0.752. The lowest BCUT2D eigenvalue weighted by Gasteiger charge is -2.04. The van der Waals surface area contributed by atoms with E-state index in [0.29, 0.717) is 11.3 Å². The van der Waals surface area contributed by atoms with Crippen molar-refractivity contribution < 1.29 is 13.9 Å². The first-order valence-electron chi connectivity index (χ1n) is 7.32. The molecule has 5 heteroatoms. The highest BCUT2D eigenvalue weighted by Crippen LogP contribution is 2.19. The minimum Gasteiger partial charge on any atom is -0.496 e. The summed E-state index contributed by atoms with van der Waals surface area (Å²) in [6.45, 7) is 0. The number of fused-ring (bicyclic) bond motifs is 1. The van der Waals surface area contributed by atoms with Gasteiger partial charge < -0.3 is 14.5 Å². The molecule has 0 aliphatic rings. The molecule has 1 heterocycles. The van der Waals surface area contributed by atoms with Gasteiger partial charge in [-0.2, -0.15) is 0 Å². The number of hydrogen-bond acceptors (Lipinski definition) is 4. The number of para-hydroxylation sites is 2. The highest BCUT2D eigenvalue weighted by atomic mass is 16.5. The van der Waals surface area contributed by atoms with E-state index < -0.39 is 11.5 Å². The van der Waals surface area contributed by atoms with E-state index in [4.69, 9.17) is 9.15 Å². The molecule has 0 saturated carbocycles. The Kier molecular flexibility index (Phi) is 4.43. The summed E-state index contributed by atoms with van der Waals surface area (Å²) in [5.74, 6) is 0.232. The van der Waals surface area contributed by atoms with Crippen molar-refractivity contribution in [1.82, 2.24) is 0 Å². The fourth-order valence-electron chi connectivity index (χ4n) is 2.29. The van der Waals surface area contributed by atoms with Gasteiger partial charge >= 0.3 is 5.63 Å². The van der Waals surface area contributed by atoms with Gasteiger partial charge in [0.05, 0.1) is 7.11 Å². The molecule has 0 aliphatic carbocycles. The van der Waals surface area contributed by atoms with Crippen LogP contribution in [0.25, 0.3) is 17.0 Å². The van der Waals surface area contributed by atoms with Gasteiger partial charge in [-0.05, 0) is 24.3 Å². The standard InChI is InChI=1S/C19H15NO4/c1-23-16-8-4-2-6-13(16)10-11-18(21)20-15-12-14-7-3-5-9-17(14)24-19(15)22/h2-12H,1H3,(H,20,21). The number of nitrogens with one attached hydrogen (secondary N) is 1. The van der Waals surface area contributed by atoms with E-state index in [9.17, 15) is 9.59 Å². The third-order valence-corrected chi connectivity index (χ3v) is 3.45. The van der Waals surface area contributed by atoms with Gasteiger partial charge in [-0.25, -0.2) is 4.79 Å². The van der Waals surface area contributed by atoms with Gasteiger partial charge in [-0.15, -0.1) is 0 Å². The van der Waals surface area contributed by atoms with Crippen molar-refractivity contribution in [2.24, 2.45) is 0 Å². The van der Waals surface area contributed by atoms with Gasteiger partial charge in [-0.1, -0.05) is 36.4 Å². The van der Waals surface area contributed by atoms with Crippen LogP contribution in [0.3, 0.4) is 0 Å². The van der Waals surface area contributed by atoms with Gasteiger partial charge in [0.25, 0.3) is 0 Å². The van der Waals surface area contributed by atoms with Crippen LogP contribution in [-0.4, -0.2) is 13.0 Å². The predicted molar refractivity (Wildman–Crippen MR) is 93.1 cm³/mol. The molecular weight excluding hydrogens is 306 g/mol. The molecule has 1 N–H and O–H groups in total. The molecule has 0 spiro atoms. The molecule has 24 heavy (non-hydrogen) atoms. The molecule has 2 aromatic carbocycles. The number of ether oxygens (including phenoxy) is 1. The van der Waals surface area contributed by atoms with Crippen LogP contribution < -0.4 is 15.7 Å². The summed E-state index contributed by atoms with van der Waals surface area (Å²) in [4.78, 5) is 24.0. The largest absolute Gasteiger partial charge is 0.496 e. The molecule has 1 amide bonds. The van der Waals surface area contributed by atoms with E-state index in [1.807, 2.05) is 24.3 Å². The van der Waals surface area contributed by atoms with Crippen molar-refractivity contribution in [1.29, 1.82) is 0 Å². The van der Waals surface area contributed by atoms with Crippen molar-refractivity contribution in [2.75, 3.05) is 12.4 Å². The van der Waals surface area contributed by atoms with Gasteiger partial charge in [0.1, 0.15) is 17.0 Å². The lowest BCUT2D eigenvalue weighted by atomic mass is 10.2. The molecule has 5 nitrogen and oxygen atoms in total. The lowest BCUT2D eigenvalue weighted by Crippen LogP contribution is -2.15. The van der Waals surface area contributed by atoms with Crippen LogP contribution in [0.15, 0.2) is 69.9 Å². The maximum atomic E-state index is 12.1. The van der Waals surface area contributed by atoms with E-state index in [1.54, 1.807) is 43.5 Å². The topological polar surface area (TPSA) is 68.5 Å². The van der Waals surface area contributed by atoms with Crippen LogP contribution in [0.4, 0.5) is 5.69 Å². The third kappa shape index (κ3) is 3.35. The van der Waals surface area contributed by atoms with E-state index in [2.05, 4.69) is 5.32 Å². The molecule has 1 aromatic heterocycles. The summed E-state index contributed by atoms with van der Waals surface area (Å²) in [7, 11) is 1.56. The monoisotopic (exact) mass is 321 g/mol. The Labute approximate surface area is 138 Å². The zero-order chi connectivity index (χ0) is 16.9. The number of carbonyl (C=O) groups is 1. The fraction of sp³-hybridized carbons (Fsp3) is 0.0526. The Bertz CT molecular complexity index is 972. The first-order valence-corrected chi connectivity index (χ1v) is 7.32. The Hall–Kier alpha value is -3.34. The predicted octanol–water partition coefficient (Wildman–Crippen LogP) is 3.45. The van der Waals surface area contributed by atoms with Crippen molar-refractivity contribution in [3.63, 3.8) is 0 Å². The Morgan fingerprint density at radius 2 is 1.88 bits per heavy atom. The third-order valence-electron chi connectivity index (χ3n) is 3.45. The Morgan fingerprint density at radius 1 is 1.12 bits per heavy atom. The van der Waals surface area contributed by atoms with Gasteiger partial charge in [0.2, 0.25) is 5.91 Å². The molecule has 0 aliphatic heterocycles. The molecule has 0 atom stereocenters. The van der Waals surface area contributed by atoms with Crippen molar-refractivity contribution in [3.8, 4) is 5.75 Å². The molecule has 3 aromatic rings. The highest BCUT2D eigenvalue weighted by Gasteiger charge is 2.07. The summed E-state index contributed by atoms with van der Waals surface area (Å²) < 4.78 is 10.4. The van der Waals surface area contributed by atoms with Gasteiger partial charge in [-0.3, -0.25) is 4.79 Å². The second kappa shape index (κ2) is 6.83. The summed E-state index contributed by atoms with van der Waals surface area (Å²) in [5, 5.41) is 3.27. The molecule has 0 unspecified atom stereocenters. The van der Waals surface area contributed by atoms with Crippen LogP contribution in [0.1, 0.15) is 5.56 Å². The molecule has 0 radical (unpaired) electrons. The first-order chi connectivity index (χ1) is 11.7. The average Bonchev–Trinajstić information content (AvgIpc) is 2.61. The Morgan fingerprint density at radius 3 is 2.71 bits per heavy atom. The van der Waals surface area contributed by atoms with Crippen LogP contribution in [0, 0.1) is 0 Å². The zero-order valence-corrected chi connectivity index (χ0v) is 13.0. The summed E-state index contributed by atoms with van der Waals surface area (Å²) in [6.07, 6.45) is 2.96.